The fraction of sp³-hybridized carbons (Fsp3) is 0.526. The Morgan fingerprint density at radius 1 is 1.32 bits per heavy atom. The molecule has 0 aromatic carbocycles. The topological polar surface area (TPSA) is 63.1 Å². The summed E-state index contributed by atoms with van der Waals surface area (Å²) < 4.78 is 2.09. The predicted octanol–water partition coefficient (Wildman–Crippen LogP) is 2.38. The zero-order chi connectivity index (χ0) is 17.8. The number of pyridine rings is 1. The molecule has 0 saturated carbocycles. The number of rotatable bonds is 5. The third kappa shape index (κ3) is 4.66. The van der Waals surface area contributed by atoms with Crippen LogP contribution in [0.2, 0.25) is 0 Å². The van der Waals surface area contributed by atoms with Gasteiger partial charge in [-0.1, -0.05) is 19.9 Å². The van der Waals surface area contributed by atoms with E-state index in [9.17, 15) is 4.79 Å². The summed E-state index contributed by atoms with van der Waals surface area (Å²) in [6, 6.07) is 7.57. The molecule has 3 rings (SSSR count). The second-order valence-electron chi connectivity index (χ2n) is 7.18. The molecule has 0 radical (unpaired) electrons. The summed E-state index contributed by atoms with van der Waals surface area (Å²) in [5.74, 6) is 0.503. The first-order chi connectivity index (χ1) is 12.0. The molecule has 1 amide bonds. The van der Waals surface area contributed by atoms with Gasteiger partial charge in [-0.25, -0.2) is 4.98 Å². The van der Waals surface area contributed by atoms with Crippen LogP contribution in [0.25, 0.3) is 0 Å². The number of carbonyl (C=O) groups excluding carboxylic acids is 1. The zero-order valence-electron chi connectivity index (χ0n) is 15.3. The van der Waals surface area contributed by atoms with E-state index in [1.54, 1.807) is 6.07 Å². The summed E-state index contributed by atoms with van der Waals surface area (Å²) in [5, 5.41) is 7.58. The van der Waals surface area contributed by atoms with Gasteiger partial charge in [0, 0.05) is 31.9 Å². The minimum atomic E-state index is -0.159. The maximum Gasteiger partial charge on any atom is 0.270 e. The van der Waals surface area contributed by atoms with Crippen LogP contribution in [-0.4, -0.2) is 38.7 Å². The van der Waals surface area contributed by atoms with Gasteiger partial charge in [0.15, 0.2) is 0 Å². The Balaban J connectivity index is 1.62. The largest absolute Gasteiger partial charge is 0.345 e. The first-order valence-electron chi connectivity index (χ1n) is 9.01. The van der Waals surface area contributed by atoms with Gasteiger partial charge in [0.05, 0.1) is 17.9 Å². The molecule has 0 saturated heterocycles. The van der Waals surface area contributed by atoms with Gasteiger partial charge in [-0.3, -0.25) is 14.4 Å². The summed E-state index contributed by atoms with van der Waals surface area (Å²) in [6.07, 6.45) is 1.11. The highest BCUT2D eigenvalue weighted by molar-refractivity contribution is 5.92. The van der Waals surface area contributed by atoms with Crippen LogP contribution in [0.4, 0.5) is 0 Å². The van der Waals surface area contributed by atoms with Crippen molar-refractivity contribution in [3.8, 4) is 0 Å². The van der Waals surface area contributed by atoms with Gasteiger partial charge in [-0.2, -0.15) is 5.10 Å². The Bertz CT molecular complexity index is 737. The molecule has 1 N–H and O–H groups in total. The minimum Gasteiger partial charge on any atom is -0.345 e. The van der Waals surface area contributed by atoms with Crippen LogP contribution >= 0.6 is 0 Å². The van der Waals surface area contributed by atoms with Crippen molar-refractivity contribution in [3.63, 3.8) is 0 Å². The number of nitrogens with zero attached hydrogens (tertiary/aromatic N) is 4. The first kappa shape index (κ1) is 17.6. The number of aryl methyl sites for hydroxylation is 2. The standard InChI is InChI=1S/C19H27N5O/c1-14(2)12-23-8-5-9-24-17(13-23)10-16(22-24)11-20-19(25)18-7-4-6-15(3)21-18/h4,6-7,10,14H,5,8-9,11-13H2,1-3H3,(H,20,25). The summed E-state index contributed by atoms with van der Waals surface area (Å²) in [6.45, 7) is 10.9. The third-order valence-electron chi connectivity index (χ3n) is 4.32. The van der Waals surface area contributed by atoms with Crippen LogP contribution in [-0.2, 0) is 19.6 Å². The molecule has 0 aliphatic carbocycles. The maximum atomic E-state index is 12.2. The molecule has 0 fully saturated rings. The predicted molar refractivity (Wildman–Crippen MR) is 97.1 cm³/mol. The van der Waals surface area contributed by atoms with Gasteiger partial charge in [0.1, 0.15) is 5.69 Å². The summed E-state index contributed by atoms with van der Waals surface area (Å²) in [7, 11) is 0. The number of hydrogen-bond acceptors (Lipinski definition) is 4. The van der Waals surface area contributed by atoms with Crippen molar-refractivity contribution in [2.24, 2.45) is 5.92 Å². The number of nitrogens with one attached hydrogen (secondary N) is 1. The van der Waals surface area contributed by atoms with E-state index in [4.69, 9.17) is 0 Å². The lowest BCUT2D eigenvalue weighted by atomic mass is 10.2. The molecule has 0 unspecified atom stereocenters. The van der Waals surface area contributed by atoms with Crippen molar-refractivity contribution >= 4 is 5.91 Å². The normalized spacial score (nSPS) is 15.0. The third-order valence-corrected chi connectivity index (χ3v) is 4.32. The lowest BCUT2D eigenvalue weighted by Crippen LogP contribution is -2.27. The number of aromatic nitrogens is 3. The summed E-state index contributed by atoms with van der Waals surface area (Å²) in [4.78, 5) is 19.0. The molecule has 25 heavy (non-hydrogen) atoms. The fourth-order valence-corrected chi connectivity index (χ4v) is 3.28. The number of amides is 1. The van der Waals surface area contributed by atoms with Gasteiger partial charge in [0.2, 0.25) is 0 Å². The van der Waals surface area contributed by atoms with Gasteiger partial charge in [-0.05, 0) is 37.5 Å². The molecule has 2 aromatic heterocycles. The second-order valence-corrected chi connectivity index (χ2v) is 7.18. The van der Waals surface area contributed by atoms with E-state index in [0.29, 0.717) is 18.2 Å². The fourth-order valence-electron chi connectivity index (χ4n) is 3.28. The van der Waals surface area contributed by atoms with E-state index in [0.717, 1.165) is 44.0 Å². The van der Waals surface area contributed by atoms with Crippen LogP contribution < -0.4 is 5.32 Å². The monoisotopic (exact) mass is 341 g/mol. The van der Waals surface area contributed by atoms with Crippen molar-refractivity contribution in [1.29, 1.82) is 0 Å². The molecule has 3 heterocycles. The Hall–Kier alpha value is -2.21. The quantitative estimate of drug-likeness (QED) is 0.907. The zero-order valence-corrected chi connectivity index (χ0v) is 15.3. The minimum absolute atomic E-state index is 0.159. The highest BCUT2D eigenvalue weighted by Gasteiger charge is 2.17. The van der Waals surface area contributed by atoms with Crippen molar-refractivity contribution in [1.82, 2.24) is 25.0 Å². The molecule has 2 aromatic rings. The Kier molecular flexibility index (Phi) is 5.48. The highest BCUT2D eigenvalue weighted by atomic mass is 16.1. The van der Waals surface area contributed by atoms with Crippen LogP contribution in [0.3, 0.4) is 0 Å². The number of hydrogen-bond donors (Lipinski definition) is 1. The van der Waals surface area contributed by atoms with Crippen LogP contribution in [0.15, 0.2) is 24.3 Å². The lowest BCUT2D eigenvalue weighted by Gasteiger charge is -2.21. The van der Waals surface area contributed by atoms with Crippen molar-refractivity contribution < 1.29 is 4.79 Å². The molecular weight excluding hydrogens is 314 g/mol. The van der Waals surface area contributed by atoms with E-state index in [1.807, 2.05) is 19.1 Å². The number of fused-ring (bicyclic) bond motifs is 1. The van der Waals surface area contributed by atoms with Gasteiger partial charge in [0.25, 0.3) is 5.91 Å². The van der Waals surface area contributed by atoms with Crippen LogP contribution in [0.5, 0.6) is 0 Å². The van der Waals surface area contributed by atoms with Crippen molar-refractivity contribution in [2.45, 2.75) is 46.8 Å². The van der Waals surface area contributed by atoms with E-state index in [2.05, 4.69) is 44.9 Å². The molecule has 0 atom stereocenters. The van der Waals surface area contributed by atoms with E-state index in [-0.39, 0.29) is 5.91 Å². The number of carbonyl (C=O) groups is 1. The highest BCUT2D eigenvalue weighted by Crippen LogP contribution is 2.15. The summed E-state index contributed by atoms with van der Waals surface area (Å²) in [5.41, 5.74) is 3.42. The second kappa shape index (κ2) is 7.78. The average molecular weight is 341 g/mol. The Morgan fingerprint density at radius 3 is 2.92 bits per heavy atom. The molecule has 1 aliphatic heterocycles. The first-order valence-corrected chi connectivity index (χ1v) is 9.01. The molecule has 0 bridgehead atoms. The van der Waals surface area contributed by atoms with Crippen LogP contribution in [0, 0.1) is 12.8 Å². The maximum absolute atomic E-state index is 12.2. The average Bonchev–Trinajstić information content (AvgIpc) is 2.84. The Morgan fingerprint density at radius 2 is 2.16 bits per heavy atom. The molecule has 0 spiro atoms. The van der Waals surface area contributed by atoms with Gasteiger partial charge >= 0.3 is 0 Å². The van der Waals surface area contributed by atoms with Crippen molar-refractivity contribution in [3.05, 3.63) is 47.0 Å². The van der Waals surface area contributed by atoms with E-state index >= 15 is 0 Å². The van der Waals surface area contributed by atoms with Crippen molar-refractivity contribution in [2.75, 3.05) is 13.1 Å². The molecule has 6 nitrogen and oxygen atoms in total. The smallest absolute Gasteiger partial charge is 0.270 e. The lowest BCUT2D eigenvalue weighted by molar-refractivity contribution is 0.0945. The van der Waals surface area contributed by atoms with Gasteiger partial charge in [-0.15, -0.1) is 0 Å². The molecule has 6 heteroatoms. The van der Waals surface area contributed by atoms with Crippen LogP contribution in [0.1, 0.15) is 47.8 Å². The molecule has 134 valence electrons. The molecular formula is C19H27N5O. The molecule has 1 aliphatic rings. The SMILES string of the molecule is Cc1cccc(C(=O)NCc2cc3n(n2)CCCN(CC(C)C)C3)n1. The Labute approximate surface area is 149 Å². The van der Waals surface area contributed by atoms with Gasteiger partial charge < -0.3 is 5.32 Å². The van der Waals surface area contributed by atoms with E-state index in [1.165, 1.54) is 5.69 Å². The summed E-state index contributed by atoms with van der Waals surface area (Å²) >= 11 is 0. The van der Waals surface area contributed by atoms with E-state index < -0.39 is 0 Å².